The predicted octanol–water partition coefficient (Wildman–Crippen LogP) is 0.458. The van der Waals surface area contributed by atoms with Crippen molar-refractivity contribution < 1.29 is 23.1 Å². The molecule has 2 aliphatic heterocycles. The van der Waals surface area contributed by atoms with Crippen LogP contribution in [0.5, 0.6) is 0 Å². The Morgan fingerprint density at radius 1 is 1.33 bits per heavy atom. The summed E-state index contributed by atoms with van der Waals surface area (Å²) in [6, 6.07) is -1.30. The molecule has 2 amide bonds. The maximum Gasteiger partial charge on any atom is 0.326 e. The molecule has 0 aliphatic carbocycles. The number of aliphatic carboxylic acids is 1. The van der Waals surface area contributed by atoms with Crippen LogP contribution in [-0.4, -0.2) is 60.6 Å². The average Bonchev–Trinajstić information content (AvgIpc) is 2.74. The van der Waals surface area contributed by atoms with Gasteiger partial charge in [0.05, 0.1) is 11.0 Å². The molecule has 8 heteroatoms. The molecule has 0 radical (unpaired) electrons. The maximum atomic E-state index is 12.1. The summed E-state index contributed by atoms with van der Waals surface area (Å²) in [5.74, 6) is -0.567. The number of carboxylic acid groups (broad SMARTS) is 1. The standard InChI is InChI=1S/C13H22N2O5S/c1-9-4-5-15(11(7-9)12(16)17)13(18)14-8-10-3-2-6-21(10,19)20/h9-11H,2-8H2,1H3,(H,14,18)(H,16,17). The van der Waals surface area contributed by atoms with E-state index in [0.29, 0.717) is 25.8 Å². The summed E-state index contributed by atoms with van der Waals surface area (Å²) in [7, 11) is -3.10. The van der Waals surface area contributed by atoms with Crippen molar-refractivity contribution in [1.82, 2.24) is 10.2 Å². The number of hydrogen-bond donors (Lipinski definition) is 2. The van der Waals surface area contributed by atoms with Gasteiger partial charge in [-0.25, -0.2) is 18.0 Å². The number of likely N-dealkylation sites (tertiary alicyclic amines) is 1. The predicted molar refractivity (Wildman–Crippen MR) is 76.7 cm³/mol. The van der Waals surface area contributed by atoms with Crippen LogP contribution >= 0.6 is 0 Å². The summed E-state index contributed by atoms with van der Waals surface area (Å²) >= 11 is 0. The molecule has 3 atom stereocenters. The number of sulfone groups is 1. The number of hydrogen-bond acceptors (Lipinski definition) is 4. The van der Waals surface area contributed by atoms with Gasteiger partial charge in [0.25, 0.3) is 0 Å². The van der Waals surface area contributed by atoms with E-state index in [0.717, 1.165) is 6.42 Å². The molecule has 3 unspecified atom stereocenters. The summed E-state index contributed by atoms with van der Waals surface area (Å²) in [5, 5.41) is 11.3. The Labute approximate surface area is 124 Å². The van der Waals surface area contributed by atoms with Gasteiger partial charge in [0, 0.05) is 13.1 Å². The van der Waals surface area contributed by atoms with E-state index in [1.54, 1.807) is 0 Å². The van der Waals surface area contributed by atoms with Crippen molar-refractivity contribution in [3.8, 4) is 0 Å². The number of carbonyl (C=O) groups excluding carboxylic acids is 1. The minimum absolute atomic E-state index is 0.0690. The molecule has 2 N–H and O–H groups in total. The van der Waals surface area contributed by atoms with Gasteiger partial charge in [-0.05, 0) is 31.6 Å². The molecule has 0 aromatic rings. The number of piperidine rings is 1. The van der Waals surface area contributed by atoms with Gasteiger partial charge in [-0.15, -0.1) is 0 Å². The van der Waals surface area contributed by atoms with Gasteiger partial charge in [0.15, 0.2) is 9.84 Å². The lowest BCUT2D eigenvalue weighted by Gasteiger charge is -2.36. The van der Waals surface area contributed by atoms with Gasteiger partial charge in [-0.2, -0.15) is 0 Å². The van der Waals surface area contributed by atoms with E-state index in [2.05, 4.69) is 5.32 Å². The molecule has 7 nitrogen and oxygen atoms in total. The average molecular weight is 318 g/mol. The van der Waals surface area contributed by atoms with Gasteiger partial charge in [0.1, 0.15) is 6.04 Å². The van der Waals surface area contributed by atoms with Crippen LogP contribution in [-0.2, 0) is 14.6 Å². The lowest BCUT2D eigenvalue weighted by atomic mass is 9.93. The van der Waals surface area contributed by atoms with Crippen LogP contribution < -0.4 is 5.32 Å². The zero-order valence-electron chi connectivity index (χ0n) is 12.1. The highest BCUT2D eigenvalue weighted by atomic mass is 32.2. The van der Waals surface area contributed by atoms with Crippen LogP contribution in [0.4, 0.5) is 4.79 Å². The van der Waals surface area contributed by atoms with Gasteiger partial charge in [-0.3, -0.25) is 0 Å². The zero-order chi connectivity index (χ0) is 15.6. The smallest absolute Gasteiger partial charge is 0.326 e. The molecule has 0 aromatic heterocycles. The van der Waals surface area contributed by atoms with E-state index in [9.17, 15) is 23.1 Å². The van der Waals surface area contributed by atoms with E-state index in [-0.39, 0.29) is 18.2 Å². The number of urea groups is 1. The van der Waals surface area contributed by atoms with Crippen LogP contribution in [0.3, 0.4) is 0 Å². The molecule has 2 fully saturated rings. The van der Waals surface area contributed by atoms with Crippen molar-refractivity contribution in [2.45, 2.75) is 43.9 Å². The van der Waals surface area contributed by atoms with Gasteiger partial charge in [-0.1, -0.05) is 6.92 Å². The van der Waals surface area contributed by atoms with Crippen LogP contribution in [0.15, 0.2) is 0 Å². The fourth-order valence-corrected chi connectivity index (χ4v) is 4.77. The van der Waals surface area contributed by atoms with E-state index >= 15 is 0 Å². The van der Waals surface area contributed by atoms with Crippen LogP contribution in [0.25, 0.3) is 0 Å². The first-order valence-corrected chi connectivity index (χ1v) is 9.01. The Morgan fingerprint density at radius 3 is 2.62 bits per heavy atom. The van der Waals surface area contributed by atoms with Crippen molar-refractivity contribution in [2.75, 3.05) is 18.8 Å². The molecule has 120 valence electrons. The van der Waals surface area contributed by atoms with Crippen LogP contribution in [0.1, 0.15) is 32.6 Å². The van der Waals surface area contributed by atoms with Gasteiger partial charge >= 0.3 is 12.0 Å². The number of carboxylic acids is 1. The Balaban J connectivity index is 1.94. The highest BCUT2D eigenvalue weighted by Gasteiger charge is 2.36. The summed E-state index contributed by atoms with van der Waals surface area (Å²) in [6.45, 7) is 2.43. The molecule has 2 rings (SSSR count). The summed E-state index contributed by atoms with van der Waals surface area (Å²) in [5.41, 5.74) is 0. The van der Waals surface area contributed by atoms with E-state index < -0.39 is 33.1 Å². The molecular weight excluding hydrogens is 296 g/mol. The second-order valence-electron chi connectivity index (χ2n) is 5.99. The third-order valence-electron chi connectivity index (χ3n) is 4.35. The van der Waals surface area contributed by atoms with E-state index in [4.69, 9.17) is 0 Å². The Morgan fingerprint density at radius 2 is 2.05 bits per heavy atom. The second-order valence-corrected chi connectivity index (χ2v) is 8.39. The molecule has 2 saturated heterocycles. The molecule has 0 saturated carbocycles. The minimum Gasteiger partial charge on any atom is -0.480 e. The number of nitrogens with one attached hydrogen (secondary N) is 1. The molecule has 21 heavy (non-hydrogen) atoms. The molecule has 0 aromatic carbocycles. The van der Waals surface area contributed by atoms with Crippen molar-refractivity contribution in [1.29, 1.82) is 0 Å². The maximum absolute atomic E-state index is 12.1. The van der Waals surface area contributed by atoms with Crippen LogP contribution in [0.2, 0.25) is 0 Å². The Kier molecular flexibility index (Phi) is 4.75. The highest BCUT2D eigenvalue weighted by molar-refractivity contribution is 7.92. The summed E-state index contributed by atoms with van der Waals surface area (Å²) in [6.07, 6.45) is 2.38. The number of rotatable bonds is 3. The molecule has 2 aliphatic rings. The zero-order valence-corrected chi connectivity index (χ0v) is 12.9. The first-order valence-electron chi connectivity index (χ1n) is 7.30. The first-order chi connectivity index (χ1) is 9.81. The summed E-state index contributed by atoms with van der Waals surface area (Å²) < 4.78 is 23.4. The number of nitrogens with zero attached hydrogens (tertiary/aromatic N) is 1. The van der Waals surface area contributed by atoms with Gasteiger partial charge < -0.3 is 15.3 Å². The molecular formula is C13H22N2O5S. The number of carbonyl (C=O) groups is 2. The second kappa shape index (κ2) is 6.21. The molecule has 2 heterocycles. The SMILES string of the molecule is CC1CCN(C(=O)NCC2CCCS2(=O)=O)C(C(=O)O)C1. The number of amides is 2. The molecule has 0 bridgehead atoms. The minimum atomic E-state index is -3.10. The Bertz CT molecular complexity index is 519. The largest absolute Gasteiger partial charge is 0.480 e. The topological polar surface area (TPSA) is 104 Å². The van der Waals surface area contributed by atoms with Crippen molar-refractivity contribution in [3.05, 3.63) is 0 Å². The van der Waals surface area contributed by atoms with Crippen molar-refractivity contribution in [3.63, 3.8) is 0 Å². The lowest BCUT2D eigenvalue weighted by molar-refractivity contribution is -0.143. The quantitative estimate of drug-likeness (QED) is 0.786. The van der Waals surface area contributed by atoms with Gasteiger partial charge in [0.2, 0.25) is 0 Å². The Hall–Kier alpha value is -1.31. The third kappa shape index (κ3) is 3.66. The monoisotopic (exact) mass is 318 g/mol. The first kappa shape index (κ1) is 16.1. The molecule has 0 spiro atoms. The van der Waals surface area contributed by atoms with E-state index in [1.807, 2.05) is 6.92 Å². The fraction of sp³-hybridized carbons (Fsp3) is 0.846. The highest BCUT2D eigenvalue weighted by Crippen LogP contribution is 2.23. The van der Waals surface area contributed by atoms with E-state index in [1.165, 1.54) is 4.90 Å². The fourth-order valence-electron chi connectivity index (χ4n) is 3.01. The van der Waals surface area contributed by atoms with Crippen molar-refractivity contribution >= 4 is 21.8 Å². The summed E-state index contributed by atoms with van der Waals surface area (Å²) in [4.78, 5) is 24.7. The normalized spacial score (nSPS) is 31.9. The van der Waals surface area contributed by atoms with Crippen molar-refractivity contribution in [2.24, 2.45) is 5.92 Å². The van der Waals surface area contributed by atoms with Crippen LogP contribution in [0, 0.1) is 5.92 Å². The lowest BCUT2D eigenvalue weighted by Crippen LogP contribution is -2.54. The third-order valence-corrected chi connectivity index (χ3v) is 6.63.